The predicted octanol–water partition coefficient (Wildman–Crippen LogP) is 13.1. The van der Waals surface area contributed by atoms with Crippen LogP contribution in [0.2, 0.25) is 0 Å². The third-order valence-electron chi connectivity index (χ3n) is 13.7. The molecule has 0 radical (unpaired) electrons. The quantitative estimate of drug-likeness (QED) is 0.0195. The highest BCUT2D eigenvalue weighted by Crippen LogP contribution is 2.23. The molecule has 1 aliphatic rings. The number of rotatable bonds is 50. The Bertz CT molecular complexity index is 1260. The minimum Gasteiger partial charge on any atom is -0.466 e. The predicted molar refractivity (Wildman–Crippen MR) is 287 cm³/mol. The van der Waals surface area contributed by atoms with Crippen LogP contribution in [-0.4, -0.2) is 100 Å². The first-order chi connectivity index (χ1) is 34.2. The Morgan fingerprint density at radius 2 is 0.929 bits per heavy atom. The van der Waals surface area contributed by atoms with Crippen LogP contribution in [0.1, 0.15) is 264 Å². The average Bonchev–Trinajstić information content (AvgIpc) is 3.36. The highest BCUT2D eigenvalue weighted by atomic mass is 16.7. The van der Waals surface area contributed by atoms with Crippen molar-refractivity contribution in [2.75, 3.05) is 19.8 Å². The lowest BCUT2D eigenvalue weighted by atomic mass is 9.99. The highest BCUT2D eigenvalue weighted by molar-refractivity contribution is 5.76. The van der Waals surface area contributed by atoms with E-state index >= 15 is 0 Å². The number of nitrogens with one attached hydrogen (secondary N) is 1. The molecule has 0 spiro atoms. The molecule has 7 atom stereocenters. The van der Waals surface area contributed by atoms with Crippen LogP contribution in [-0.2, 0) is 23.8 Å². The summed E-state index contributed by atoms with van der Waals surface area (Å²) >= 11 is 0. The number of ether oxygens (including phenoxy) is 3. The topological polar surface area (TPSA) is 175 Å². The first-order valence-electron chi connectivity index (χ1n) is 29.3. The number of hydrogen-bond donors (Lipinski definition) is 6. The molecule has 1 fully saturated rings. The lowest BCUT2D eigenvalue weighted by molar-refractivity contribution is -0.302. The Morgan fingerprint density at radius 1 is 0.514 bits per heavy atom. The number of esters is 1. The van der Waals surface area contributed by atoms with E-state index in [0.717, 1.165) is 89.9 Å². The number of carbonyl (C=O) groups is 2. The third-order valence-corrected chi connectivity index (χ3v) is 13.7. The summed E-state index contributed by atoms with van der Waals surface area (Å²) in [6, 6.07) is -0.836. The van der Waals surface area contributed by atoms with Crippen molar-refractivity contribution >= 4 is 11.9 Å². The summed E-state index contributed by atoms with van der Waals surface area (Å²) in [5, 5.41) is 54.1. The average molecular weight is 993 g/mol. The summed E-state index contributed by atoms with van der Waals surface area (Å²) in [5.74, 6) is -0.220. The Hall–Kier alpha value is -2.12. The molecular weight excluding hydrogens is 883 g/mol. The SMILES string of the molecule is CCCCC/C=C/CC/C=C/C(O)C(COC1OC(CO)C(O)C(O)C1O)NC(=O)CCCCCCC/C=C\CCCCCCCCCCCOC(=O)CCCCCCCCCCCCCCCCC. The van der Waals surface area contributed by atoms with Crippen LogP contribution >= 0.6 is 0 Å². The molecule has 0 aromatic rings. The van der Waals surface area contributed by atoms with Gasteiger partial charge in [0, 0.05) is 12.8 Å². The van der Waals surface area contributed by atoms with Gasteiger partial charge in [-0.3, -0.25) is 9.59 Å². The molecule has 0 aromatic heterocycles. The normalized spacial score (nSPS) is 19.4. The molecule has 1 heterocycles. The van der Waals surface area contributed by atoms with Gasteiger partial charge in [0.2, 0.25) is 5.91 Å². The van der Waals surface area contributed by atoms with Crippen LogP contribution in [0, 0.1) is 0 Å². The maximum Gasteiger partial charge on any atom is 0.305 e. The van der Waals surface area contributed by atoms with Gasteiger partial charge in [-0.1, -0.05) is 217 Å². The number of hydrogen-bond acceptors (Lipinski definition) is 10. The zero-order valence-electron chi connectivity index (χ0n) is 45.0. The van der Waals surface area contributed by atoms with Gasteiger partial charge >= 0.3 is 5.97 Å². The van der Waals surface area contributed by atoms with Crippen LogP contribution in [0.3, 0.4) is 0 Å². The van der Waals surface area contributed by atoms with E-state index in [2.05, 4.69) is 43.5 Å². The Kier molecular flexibility index (Phi) is 46.2. The van der Waals surface area contributed by atoms with Crippen LogP contribution in [0.4, 0.5) is 0 Å². The maximum atomic E-state index is 13.0. The molecule has 7 unspecified atom stereocenters. The van der Waals surface area contributed by atoms with Gasteiger partial charge < -0.3 is 45.1 Å². The standard InChI is InChI=1S/C59H109NO10/c1-3-5-7-9-11-13-14-15-20-24-27-31-35-39-43-47-55(64)68-48-44-40-36-32-28-25-22-19-17-16-18-21-23-26-30-34-38-42-46-54(63)60-51(52(62)45-41-37-33-29-12-10-8-6-4-2)50-69-59-58(67)57(66)56(65)53(49-61)70-59/h12,18,21,29,41,45,51-53,56-59,61-62,65-67H,3-11,13-17,19-20,22-28,30-40,42-44,46-50H2,1-2H3,(H,60,63)/b21-18-,29-12+,45-41+. The molecule has 1 aliphatic heterocycles. The van der Waals surface area contributed by atoms with Gasteiger partial charge in [-0.25, -0.2) is 0 Å². The van der Waals surface area contributed by atoms with Crippen molar-refractivity contribution in [2.45, 2.75) is 307 Å². The summed E-state index contributed by atoms with van der Waals surface area (Å²) in [5.41, 5.74) is 0. The summed E-state index contributed by atoms with van der Waals surface area (Å²) < 4.78 is 16.7. The fourth-order valence-electron chi connectivity index (χ4n) is 9.03. The Morgan fingerprint density at radius 3 is 1.44 bits per heavy atom. The Labute approximate surface area is 428 Å². The first-order valence-corrected chi connectivity index (χ1v) is 29.3. The molecule has 11 heteroatoms. The van der Waals surface area contributed by atoms with Crippen molar-refractivity contribution < 1.29 is 49.3 Å². The molecule has 0 aliphatic carbocycles. The zero-order valence-corrected chi connectivity index (χ0v) is 45.0. The van der Waals surface area contributed by atoms with Gasteiger partial charge in [-0.05, 0) is 70.6 Å². The second-order valence-electron chi connectivity index (χ2n) is 20.3. The molecule has 1 saturated heterocycles. The fraction of sp³-hybridized carbons (Fsp3) is 0.864. The van der Waals surface area contributed by atoms with Gasteiger partial charge in [0.1, 0.15) is 24.4 Å². The van der Waals surface area contributed by atoms with Gasteiger partial charge in [-0.2, -0.15) is 0 Å². The molecule has 0 bridgehead atoms. The summed E-state index contributed by atoms with van der Waals surface area (Å²) in [4.78, 5) is 25.0. The van der Waals surface area contributed by atoms with E-state index < -0.39 is 49.5 Å². The van der Waals surface area contributed by atoms with Gasteiger partial charge in [0.05, 0.1) is 32.0 Å². The van der Waals surface area contributed by atoms with Crippen LogP contribution in [0.25, 0.3) is 0 Å². The van der Waals surface area contributed by atoms with Crippen molar-refractivity contribution in [3.8, 4) is 0 Å². The van der Waals surface area contributed by atoms with Crippen molar-refractivity contribution in [2.24, 2.45) is 0 Å². The fourth-order valence-corrected chi connectivity index (χ4v) is 9.03. The van der Waals surface area contributed by atoms with Crippen molar-refractivity contribution in [1.82, 2.24) is 5.32 Å². The van der Waals surface area contributed by atoms with Gasteiger partial charge in [0.15, 0.2) is 6.29 Å². The van der Waals surface area contributed by atoms with E-state index in [1.165, 1.54) is 148 Å². The lowest BCUT2D eigenvalue weighted by Gasteiger charge is -2.40. The van der Waals surface area contributed by atoms with Gasteiger partial charge in [-0.15, -0.1) is 0 Å². The van der Waals surface area contributed by atoms with Crippen LogP contribution < -0.4 is 5.32 Å². The van der Waals surface area contributed by atoms with E-state index in [-0.39, 0.29) is 18.5 Å². The number of carbonyl (C=O) groups excluding carboxylic acids is 2. The van der Waals surface area contributed by atoms with E-state index in [0.29, 0.717) is 19.4 Å². The number of aliphatic hydroxyl groups is 5. The van der Waals surface area contributed by atoms with Crippen molar-refractivity contribution in [1.29, 1.82) is 0 Å². The second kappa shape index (κ2) is 49.1. The van der Waals surface area contributed by atoms with Crippen molar-refractivity contribution in [3.05, 3.63) is 36.5 Å². The molecule has 410 valence electrons. The lowest BCUT2D eigenvalue weighted by Crippen LogP contribution is -2.60. The zero-order chi connectivity index (χ0) is 51.0. The molecule has 70 heavy (non-hydrogen) atoms. The van der Waals surface area contributed by atoms with Gasteiger partial charge in [0.25, 0.3) is 0 Å². The van der Waals surface area contributed by atoms with E-state index in [4.69, 9.17) is 14.2 Å². The molecule has 1 amide bonds. The third kappa shape index (κ3) is 38.5. The smallest absolute Gasteiger partial charge is 0.305 e. The van der Waals surface area contributed by atoms with E-state index in [1.807, 2.05) is 6.08 Å². The summed E-state index contributed by atoms with van der Waals surface area (Å²) in [7, 11) is 0. The maximum absolute atomic E-state index is 13.0. The second-order valence-corrected chi connectivity index (χ2v) is 20.3. The number of allylic oxidation sites excluding steroid dienone is 5. The molecule has 11 nitrogen and oxygen atoms in total. The summed E-state index contributed by atoms with van der Waals surface area (Å²) in [6.45, 7) is 4.25. The molecule has 0 aromatic carbocycles. The number of unbranched alkanes of at least 4 members (excludes halogenated alkanes) is 32. The monoisotopic (exact) mass is 992 g/mol. The molecule has 1 rings (SSSR count). The summed E-state index contributed by atoms with van der Waals surface area (Å²) in [6.07, 6.45) is 49.7. The number of amides is 1. The Balaban J connectivity index is 2.05. The highest BCUT2D eigenvalue weighted by Gasteiger charge is 2.44. The largest absolute Gasteiger partial charge is 0.466 e. The van der Waals surface area contributed by atoms with E-state index in [9.17, 15) is 35.1 Å². The van der Waals surface area contributed by atoms with E-state index in [1.54, 1.807) is 6.08 Å². The van der Waals surface area contributed by atoms with Crippen LogP contribution in [0.5, 0.6) is 0 Å². The molecule has 6 N–H and O–H groups in total. The van der Waals surface area contributed by atoms with Crippen molar-refractivity contribution in [3.63, 3.8) is 0 Å². The van der Waals surface area contributed by atoms with Crippen LogP contribution in [0.15, 0.2) is 36.5 Å². The minimum absolute atomic E-state index is 0.0110. The minimum atomic E-state index is -1.58. The molecule has 0 saturated carbocycles. The number of aliphatic hydroxyl groups excluding tert-OH is 5. The molecular formula is C59H109NO10. The first kappa shape index (κ1) is 65.9.